The van der Waals surface area contributed by atoms with Crippen LogP contribution in [0.1, 0.15) is 43.9 Å². The van der Waals surface area contributed by atoms with E-state index in [4.69, 9.17) is 0 Å². The first-order chi connectivity index (χ1) is 17.8. The number of nitrogens with one attached hydrogen (secondary N) is 2. The Morgan fingerprint density at radius 2 is 1.70 bits per heavy atom. The smallest absolute Gasteiger partial charge is 0.239 e. The van der Waals surface area contributed by atoms with Crippen molar-refractivity contribution in [1.82, 2.24) is 5.32 Å². The summed E-state index contributed by atoms with van der Waals surface area (Å²) < 4.78 is 13.9. The Hall–Kier alpha value is -3.93. The van der Waals surface area contributed by atoms with Gasteiger partial charge in [0.2, 0.25) is 5.91 Å². The normalized spacial score (nSPS) is 18.4. The molecular weight excluding hydrogens is 465 g/mol. The second-order valence-electron chi connectivity index (χ2n) is 10.6. The summed E-state index contributed by atoms with van der Waals surface area (Å²) in [6.07, 6.45) is 1.85. The number of carbonyl (C=O) groups is 2. The molecule has 190 valence electrons. The molecule has 1 atom stereocenters. The molecule has 0 bridgehead atoms. The van der Waals surface area contributed by atoms with E-state index in [2.05, 4.69) is 24.5 Å². The summed E-state index contributed by atoms with van der Waals surface area (Å²) in [5, 5.41) is 6.58. The van der Waals surface area contributed by atoms with Crippen molar-refractivity contribution >= 4 is 23.1 Å². The van der Waals surface area contributed by atoms with Crippen molar-refractivity contribution in [2.75, 3.05) is 23.3 Å². The van der Waals surface area contributed by atoms with E-state index in [-0.39, 0.29) is 29.5 Å². The minimum absolute atomic E-state index is 0.0513. The number of para-hydroxylation sites is 2. The third-order valence-corrected chi connectivity index (χ3v) is 7.08. The molecular formula is C31H32FN3O2. The standard InChI is InChI=1S/C31H32FN3O2/c1-31(2)18-25-29(27(36)19-31)30(22-12-14-23(32)15-13-22)35(26-11-7-6-10-24(26)34-25)20-28(37)33-17-16-21-8-4-3-5-9-21/h3-15,30,34H,16-20H2,1-2H3,(H,33,37). The molecule has 0 radical (unpaired) electrons. The lowest BCUT2D eigenvalue weighted by molar-refractivity contribution is -0.120. The fourth-order valence-electron chi connectivity index (χ4n) is 5.42. The lowest BCUT2D eigenvalue weighted by Gasteiger charge is -2.37. The van der Waals surface area contributed by atoms with Crippen LogP contribution in [0.2, 0.25) is 0 Å². The third kappa shape index (κ3) is 5.43. The van der Waals surface area contributed by atoms with Gasteiger partial charge in [-0.05, 0) is 53.6 Å². The SMILES string of the molecule is CC1(C)CC(=O)C2=C(C1)Nc1ccccc1N(CC(=O)NCCc1ccccc1)C2c1ccc(F)cc1. The summed E-state index contributed by atoms with van der Waals surface area (Å²) in [5.74, 6) is -0.424. The summed E-state index contributed by atoms with van der Waals surface area (Å²) >= 11 is 0. The molecule has 0 fully saturated rings. The Labute approximate surface area is 217 Å². The number of halogens is 1. The van der Waals surface area contributed by atoms with Gasteiger partial charge in [0, 0.05) is 24.2 Å². The molecule has 1 unspecified atom stereocenters. The number of allylic oxidation sites excluding steroid dienone is 1. The molecule has 0 spiro atoms. The van der Waals surface area contributed by atoms with Crippen LogP contribution in [0, 0.1) is 11.2 Å². The molecule has 1 aliphatic heterocycles. The molecule has 2 N–H and O–H groups in total. The number of hydrogen-bond donors (Lipinski definition) is 2. The molecule has 1 heterocycles. The van der Waals surface area contributed by atoms with Gasteiger partial charge < -0.3 is 15.5 Å². The molecule has 1 amide bonds. The first kappa shape index (κ1) is 24.8. The van der Waals surface area contributed by atoms with E-state index in [0.29, 0.717) is 25.0 Å². The van der Waals surface area contributed by atoms with Gasteiger partial charge in [-0.2, -0.15) is 0 Å². The van der Waals surface area contributed by atoms with Crippen LogP contribution in [0.5, 0.6) is 0 Å². The zero-order chi connectivity index (χ0) is 26.0. The van der Waals surface area contributed by atoms with Crippen molar-refractivity contribution in [2.45, 2.75) is 39.2 Å². The van der Waals surface area contributed by atoms with E-state index in [1.807, 2.05) is 59.5 Å². The van der Waals surface area contributed by atoms with Gasteiger partial charge in [-0.3, -0.25) is 9.59 Å². The number of ketones is 1. The molecule has 6 heteroatoms. The molecule has 5 nitrogen and oxygen atoms in total. The van der Waals surface area contributed by atoms with Crippen LogP contribution >= 0.6 is 0 Å². The second-order valence-corrected chi connectivity index (χ2v) is 10.6. The molecule has 3 aromatic carbocycles. The topological polar surface area (TPSA) is 61.4 Å². The van der Waals surface area contributed by atoms with Crippen LogP contribution in [0.4, 0.5) is 15.8 Å². The maximum atomic E-state index is 13.9. The fraction of sp³-hybridized carbons (Fsp3) is 0.290. The zero-order valence-electron chi connectivity index (χ0n) is 21.3. The van der Waals surface area contributed by atoms with Gasteiger partial charge in [-0.25, -0.2) is 4.39 Å². The summed E-state index contributed by atoms with van der Waals surface area (Å²) in [6.45, 7) is 4.76. The Kier molecular flexibility index (Phi) is 6.83. The van der Waals surface area contributed by atoms with Crippen LogP contribution in [0.25, 0.3) is 0 Å². The van der Waals surface area contributed by atoms with Crippen LogP contribution in [0.15, 0.2) is 90.1 Å². The number of rotatable bonds is 6. The van der Waals surface area contributed by atoms with Gasteiger partial charge in [0.05, 0.1) is 24.0 Å². The highest BCUT2D eigenvalue weighted by Crippen LogP contribution is 2.48. The van der Waals surface area contributed by atoms with Crippen molar-refractivity contribution < 1.29 is 14.0 Å². The van der Waals surface area contributed by atoms with E-state index in [0.717, 1.165) is 34.6 Å². The van der Waals surface area contributed by atoms with Gasteiger partial charge in [0.1, 0.15) is 5.82 Å². The summed E-state index contributed by atoms with van der Waals surface area (Å²) in [5.41, 5.74) is 4.94. The predicted molar refractivity (Wildman–Crippen MR) is 145 cm³/mol. The molecule has 37 heavy (non-hydrogen) atoms. The maximum Gasteiger partial charge on any atom is 0.239 e. The highest BCUT2D eigenvalue weighted by atomic mass is 19.1. The monoisotopic (exact) mass is 497 g/mol. The lowest BCUT2D eigenvalue weighted by Crippen LogP contribution is -2.42. The highest BCUT2D eigenvalue weighted by molar-refractivity contribution is 6.01. The van der Waals surface area contributed by atoms with Gasteiger partial charge in [-0.15, -0.1) is 0 Å². The molecule has 3 aromatic rings. The summed E-state index contributed by atoms with van der Waals surface area (Å²) in [6, 6.07) is 23.6. The average Bonchev–Trinajstić information content (AvgIpc) is 2.99. The van der Waals surface area contributed by atoms with E-state index < -0.39 is 6.04 Å². The number of amides is 1. The number of fused-ring (bicyclic) bond motifs is 1. The van der Waals surface area contributed by atoms with E-state index in [1.165, 1.54) is 12.1 Å². The van der Waals surface area contributed by atoms with Crippen molar-refractivity contribution in [1.29, 1.82) is 0 Å². The number of anilines is 2. The maximum absolute atomic E-state index is 13.9. The van der Waals surface area contributed by atoms with Gasteiger partial charge in [0.15, 0.2) is 5.78 Å². The Morgan fingerprint density at radius 1 is 1.00 bits per heavy atom. The number of carbonyl (C=O) groups excluding carboxylic acids is 2. The molecule has 0 saturated carbocycles. The first-order valence-electron chi connectivity index (χ1n) is 12.8. The molecule has 0 aromatic heterocycles. The number of Topliss-reactive ketones (excluding diaryl/α,β-unsaturated/α-hetero) is 1. The molecule has 0 saturated heterocycles. The van der Waals surface area contributed by atoms with Crippen LogP contribution in [0.3, 0.4) is 0 Å². The second kappa shape index (κ2) is 10.2. The van der Waals surface area contributed by atoms with Crippen molar-refractivity contribution in [3.05, 3.63) is 107 Å². The number of nitrogens with zero attached hydrogens (tertiary/aromatic N) is 1. The van der Waals surface area contributed by atoms with E-state index >= 15 is 0 Å². The van der Waals surface area contributed by atoms with Crippen molar-refractivity contribution in [3.63, 3.8) is 0 Å². The van der Waals surface area contributed by atoms with Crippen LogP contribution < -0.4 is 15.5 Å². The van der Waals surface area contributed by atoms with Gasteiger partial charge in [-0.1, -0.05) is 68.4 Å². The fourth-order valence-corrected chi connectivity index (χ4v) is 5.42. The van der Waals surface area contributed by atoms with Crippen molar-refractivity contribution in [3.8, 4) is 0 Å². The van der Waals surface area contributed by atoms with Crippen LogP contribution in [-0.4, -0.2) is 24.8 Å². The average molecular weight is 498 g/mol. The predicted octanol–water partition coefficient (Wildman–Crippen LogP) is 5.80. The highest BCUT2D eigenvalue weighted by Gasteiger charge is 2.41. The third-order valence-electron chi connectivity index (χ3n) is 7.08. The zero-order valence-corrected chi connectivity index (χ0v) is 21.3. The quantitative estimate of drug-likeness (QED) is 0.452. The molecule has 1 aliphatic carbocycles. The lowest BCUT2D eigenvalue weighted by atomic mass is 9.73. The Morgan fingerprint density at radius 3 is 2.46 bits per heavy atom. The van der Waals surface area contributed by atoms with E-state index in [9.17, 15) is 14.0 Å². The van der Waals surface area contributed by atoms with Gasteiger partial charge in [0.25, 0.3) is 0 Å². The van der Waals surface area contributed by atoms with Crippen molar-refractivity contribution in [2.24, 2.45) is 5.41 Å². The summed E-state index contributed by atoms with van der Waals surface area (Å²) in [4.78, 5) is 28.9. The van der Waals surface area contributed by atoms with E-state index in [1.54, 1.807) is 12.1 Å². The van der Waals surface area contributed by atoms with Gasteiger partial charge >= 0.3 is 0 Å². The summed E-state index contributed by atoms with van der Waals surface area (Å²) in [7, 11) is 0. The van der Waals surface area contributed by atoms with Crippen LogP contribution in [-0.2, 0) is 16.0 Å². The largest absolute Gasteiger partial charge is 0.357 e. The molecule has 2 aliphatic rings. The number of benzene rings is 3. The first-order valence-corrected chi connectivity index (χ1v) is 12.8. The minimum Gasteiger partial charge on any atom is -0.357 e. The Balaban J connectivity index is 1.52. The Bertz CT molecular complexity index is 1330. The number of hydrogen-bond acceptors (Lipinski definition) is 4. The molecule has 5 rings (SSSR count). The minimum atomic E-state index is -0.518.